The molecule has 0 saturated carbocycles. The molecule has 13 heavy (non-hydrogen) atoms. The van der Waals surface area contributed by atoms with Gasteiger partial charge in [-0.1, -0.05) is 24.8 Å². The first kappa shape index (κ1) is 9.61. The molecule has 1 aromatic rings. The zero-order chi connectivity index (χ0) is 9.68. The van der Waals surface area contributed by atoms with Gasteiger partial charge in [-0.2, -0.15) is 0 Å². The molecule has 1 aromatic carbocycles. The molecule has 0 fully saturated rings. The lowest BCUT2D eigenvalue weighted by Crippen LogP contribution is -2.13. The first-order valence-corrected chi connectivity index (χ1v) is 4.04. The number of hydrogen-bond donors (Lipinski definition) is 2. The van der Waals surface area contributed by atoms with Crippen molar-refractivity contribution in [1.29, 1.82) is 0 Å². The monoisotopic (exact) mass is 179 g/mol. The van der Waals surface area contributed by atoms with E-state index in [-0.39, 0.29) is 11.9 Å². The lowest BCUT2D eigenvalue weighted by molar-refractivity contribution is 0.151. The van der Waals surface area contributed by atoms with Gasteiger partial charge in [0, 0.05) is 12.1 Å². The molecule has 0 aliphatic rings. The van der Waals surface area contributed by atoms with Crippen molar-refractivity contribution in [3.8, 4) is 5.75 Å². The second-order valence-electron chi connectivity index (χ2n) is 2.59. The van der Waals surface area contributed by atoms with E-state index in [1.165, 1.54) is 6.26 Å². The number of rotatable bonds is 4. The molecule has 3 N–H and O–H groups in total. The number of phenols is 1. The second kappa shape index (κ2) is 4.52. The number of hydrogen-bond acceptors (Lipinski definition) is 3. The molecular weight excluding hydrogens is 166 g/mol. The third kappa shape index (κ3) is 2.23. The summed E-state index contributed by atoms with van der Waals surface area (Å²) in [6, 6.07) is 6.95. The quantitative estimate of drug-likeness (QED) is 0.689. The molecule has 0 aliphatic carbocycles. The molecule has 0 saturated heterocycles. The fourth-order valence-electron chi connectivity index (χ4n) is 1.13. The zero-order valence-electron chi connectivity index (χ0n) is 7.31. The molecule has 3 nitrogen and oxygen atoms in total. The maximum absolute atomic E-state index is 9.47. The van der Waals surface area contributed by atoms with Crippen LogP contribution in [-0.2, 0) is 4.74 Å². The van der Waals surface area contributed by atoms with E-state index >= 15 is 0 Å². The average molecular weight is 179 g/mol. The van der Waals surface area contributed by atoms with E-state index in [2.05, 4.69) is 6.58 Å². The van der Waals surface area contributed by atoms with Crippen molar-refractivity contribution < 1.29 is 9.84 Å². The Kier molecular flexibility index (Phi) is 3.34. The van der Waals surface area contributed by atoms with Gasteiger partial charge in [-0.15, -0.1) is 0 Å². The van der Waals surface area contributed by atoms with Gasteiger partial charge in [0.15, 0.2) is 0 Å². The van der Waals surface area contributed by atoms with Gasteiger partial charge in [0.1, 0.15) is 11.9 Å². The van der Waals surface area contributed by atoms with Crippen LogP contribution in [0.4, 0.5) is 0 Å². The summed E-state index contributed by atoms with van der Waals surface area (Å²) < 4.78 is 5.14. The Morgan fingerprint density at radius 3 is 2.77 bits per heavy atom. The molecule has 0 heterocycles. The van der Waals surface area contributed by atoms with Crippen LogP contribution in [-0.4, -0.2) is 11.7 Å². The number of aromatic hydroxyl groups is 1. The van der Waals surface area contributed by atoms with Gasteiger partial charge in [0.05, 0.1) is 6.26 Å². The molecule has 0 aliphatic heterocycles. The normalized spacial score (nSPS) is 12.1. The highest BCUT2D eigenvalue weighted by Crippen LogP contribution is 2.25. The van der Waals surface area contributed by atoms with Gasteiger partial charge in [-0.05, 0) is 6.07 Å². The summed E-state index contributed by atoms with van der Waals surface area (Å²) in [5.74, 6) is 0.194. The minimum atomic E-state index is -0.321. The smallest absolute Gasteiger partial charge is 0.138 e. The largest absolute Gasteiger partial charge is 0.508 e. The summed E-state index contributed by atoms with van der Waals surface area (Å²) in [6.45, 7) is 3.75. The first-order valence-electron chi connectivity index (χ1n) is 4.04. The lowest BCUT2D eigenvalue weighted by Gasteiger charge is -2.15. The van der Waals surface area contributed by atoms with Crippen molar-refractivity contribution in [3.63, 3.8) is 0 Å². The van der Waals surface area contributed by atoms with Crippen LogP contribution >= 0.6 is 0 Å². The number of para-hydroxylation sites is 1. The number of nitrogens with two attached hydrogens (primary N) is 1. The Bertz CT molecular complexity index is 286. The number of benzene rings is 1. The van der Waals surface area contributed by atoms with Crippen LogP contribution in [0.15, 0.2) is 37.1 Å². The molecule has 1 unspecified atom stereocenters. The highest BCUT2D eigenvalue weighted by molar-refractivity contribution is 5.33. The Balaban J connectivity index is 2.90. The predicted molar refractivity (Wildman–Crippen MR) is 51.2 cm³/mol. The molecule has 0 spiro atoms. The van der Waals surface area contributed by atoms with E-state index in [1.54, 1.807) is 18.2 Å². The highest BCUT2D eigenvalue weighted by Gasteiger charge is 2.12. The topological polar surface area (TPSA) is 55.5 Å². The van der Waals surface area contributed by atoms with Crippen LogP contribution in [0.25, 0.3) is 0 Å². The van der Waals surface area contributed by atoms with E-state index in [9.17, 15) is 5.11 Å². The van der Waals surface area contributed by atoms with E-state index in [0.717, 1.165) is 0 Å². The lowest BCUT2D eigenvalue weighted by atomic mass is 10.1. The Hall–Kier alpha value is -1.48. The molecule has 3 heteroatoms. The van der Waals surface area contributed by atoms with Crippen LogP contribution in [0.2, 0.25) is 0 Å². The molecule has 1 rings (SSSR count). The van der Waals surface area contributed by atoms with Crippen LogP contribution in [0.1, 0.15) is 11.7 Å². The Morgan fingerprint density at radius 1 is 1.54 bits per heavy atom. The fraction of sp³-hybridized carbons (Fsp3) is 0.200. The fourth-order valence-corrected chi connectivity index (χ4v) is 1.13. The minimum Gasteiger partial charge on any atom is -0.508 e. The van der Waals surface area contributed by atoms with Crippen LogP contribution < -0.4 is 5.73 Å². The summed E-state index contributed by atoms with van der Waals surface area (Å²) in [5.41, 5.74) is 6.16. The summed E-state index contributed by atoms with van der Waals surface area (Å²) >= 11 is 0. The second-order valence-corrected chi connectivity index (χ2v) is 2.59. The minimum absolute atomic E-state index is 0.194. The molecule has 0 aromatic heterocycles. The Labute approximate surface area is 77.4 Å². The molecule has 1 atom stereocenters. The highest BCUT2D eigenvalue weighted by atomic mass is 16.5. The van der Waals surface area contributed by atoms with E-state index < -0.39 is 0 Å². The van der Waals surface area contributed by atoms with Gasteiger partial charge in [0.2, 0.25) is 0 Å². The van der Waals surface area contributed by atoms with Crippen molar-refractivity contribution in [2.24, 2.45) is 5.73 Å². The van der Waals surface area contributed by atoms with Gasteiger partial charge in [-0.3, -0.25) is 0 Å². The van der Waals surface area contributed by atoms with Crippen molar-refractivity contribution >= 4 is 0 Å². The third-order valence-electron chi connectivity index (χ3n) is 1.76. The molecule has 0 radical (unpaired) electrons. The maximum atomic E-state index is 9.47. The van der Waals surface area contributed by atoms with Gasteiger partial charge >= 0.3 is 0 Å². The van der Waals surface area contributed by atoms with Crippen molar-refractivity contribution in [2.45, 2.75) is 6.10 Å². The van der Waals surface area contributed by atoms with Crippen LogP contribution in [0, 0.1) is 0 Å². The predicted octanol–water partition coefficient (Wildman–Crippen LogP) is 1.55. The molecule has 0 bridgehead atoms. The van der Waals surface area contributed by atoms with E-state index in [4.69, 9.17) is 10.5 Å². The molecule has 70 valence electrons. The molecular formula is C10H13NO2. The third-order valence-corrected chi connectivity index (χ3v) is 1.76. The van der Waals surface area contributed by atoms with Crippen molar-refractivity contribution in [2.75, 3.05) is 6.54 Å². The average Bonchev–Trinajstić information content (AvgIpc) is 2.16. The van der Waals surface area contributed by atoms with Crippen molar-refractivity contribution in [1.82, 2.24) is 0 Å². The summed E-state index contributed by atoms with van der Waals surface area (Å²) in [6.07, 6.45) is 1.00. The maximum Gasteiger partial charge on any atom is 0.138 e. The van der Waals surface area contributed by atoms with Gasteiger partial charge in [0.25, 0.3) is 0 Å². The van der Waals surface area contributed by atoms with Gasteiger partial charge in [-0.25, -0.2) is 0 Å². The summed E-state index contributed by atoms with van der Waals surface area (Å²) in [5, 5.41) is 9.47. The van der Waals surface area contributed by atoms with E-state index in [0.29, 0.717) is 12.1 Å². The number of ether oxygens (including phenoxy) is 1. The van der Waals surface area contributed by atoms with Crippen molar-refractivity contribution in [3.05, 3.63) is 42.7 Å². The SMILES string of the molecule is C=COC(CN)c1ccccc1O. The summed E-state index contributed by atoms with van der Waals surface area (Å²) in [4.78, 5) is 0. The van der Waals surface area contributed by atoms with Crippen LogP contribution in [0.3, 0.4) is 0 Å². The first-order chi connectivity index (χ1) is 6.29. The standard InChI is InChI=1S/C10H13NO2/c1-2-13-10(7-11)8-5-3-4-6-9(8)12/h2-6,10,12H,1,7,11H2. The Morgan fingerprint density at radius 2 is 2.23 bits per heavy atom. The zero-order valence-corrected chi connectivity index (χ0v) is 7.31. The molecule has 0 amide bonds. The number of phenolic OH excluding ortho intramolecular Hbond substituents is 1. The van der Waals surface area contributed by atoms with Crippen LogP contribution in [0.5, 0.6) is 5.75 Å². The summed E-state index contributed by atoms with van der Waals surface area (Å²) in [7, 11) is 0. The van der Waals surface area contributed by atoms with Gasteiger partial charge < -0.3 is 15.6 Å². The van der Waals surface area contributed by atoms with E-state index in [1.807, 2.05) is 6.07 Å².